The number of hydrogen-bond acceptors (Lipinski definition) is 3. The van der Waals surface area contributed by atoms with E-state index in [0.29, 0.717) is 25.0 Å². The van der Waals surface area contributed by atoms with Crippen molar-refractivity contribution < 1.29 is 14.2 Å². The molecule has 2 aliphatic rings. The quantitative estimate of drug-likeness (QED) is 0.170. The summed E-state index contributed by atoms with van der Waals surface area (Å²) in [5, 5.41) is 0. The summed E-state index contributed by atoms with van der Waals surface area (Å²) in [6.45, 7) is 12.0. The van der Waals surface area contributed by atoms with E-state index in [-0.39, 0.29) is 11.7 Å². The Morgan fingerprint density at radius 1 is 0.850 bits per heavy atom. The van der Waals surface area contributed by atoms with Crippen molar-refractivity contribution in [1.82, 2.24) is 0 Å². The van der Waals surface area contributed by atoms with Gasteiger partial charge in [0.2, 0.25) is 0 Å². The highest BCUT2D eigenvalue weighted by Gasteiger charge is 2.35. The molecule has 0 heterocycles. The Hall–Kier alpha value is -3.30. The molecule has 2 aliphatic carbocycles. The predicted molar refractivity (Wildman–Crippen MR) is 166 cm³/mol. The highest BCUT2D eigenvalue weighted by Crippen LogP contribution is 2.48. The molecule has 3 heteroatoms. The Labute approximate surface area is 240 Å². The van der Waals surface area contributed by atoms with E-state index in [4.69, 9.17) is 14.2 Å². The van der Waals surface area contributed by atoms with Crippen LogP contribution in [0, 0.1) is 17.3 Å². The van der Waals surface area contributed by atoms with Gasteiger partial charge in [0.1, 0.15) is 18.1 Å². The van der Waals surface area contributed by atoms with E-state index in [0.717, 1.165) is 34.1 Å². The second kappa shape index (κ2) is 12.5. The molecule has 0 N–H and O–H groups in total. The first-order chi connectivity index (χ1) is 19.3. The molecule has 0 aromatic heterocycles. The molecular formula is C37H44O3. The van der Waals surface area contributed by atoms with Crippen molar-refractivity contribution >= 4 is 5.57 Å². The van der Waals surface area contributed by atoms with Crippen molar-refractivity contribution in [3.63, 3.8) is 0 Å². The fourth-order valence-electron chi connectivity index (χ4n) is 5.86. The van der Waals surface area contributed by atoms with Crippen LogP contribution in [-0.4, -0.2) is 19.5 Å². The Morgan fingerprint density at radius 2 is 1.60 bits per heavy atom. The SMILES string of the molecule is CCCC(c1ccc(OC(C)OCCOc2c(C3=CC4CC4C=C3)cccc2-c2ccccc2)cc1)C(C)(C)C. The molecule has 0 saturated heterocycles. The third kappa shape index (κ3) is 6.88. The van der Waals surface area contributed by atoms with E-state index >= 15 is 0 Å². The summed E-state index contributed by atoms with van der Waals surface area (Å²) in [5.74, 6) is 3.68. The van der Waals surface area contributed by atoms with Crippen LogP contribution in [0.25, 0.3) is 16.7 Å². The predicted octanol–water partition coefficient (Wildman–Crippen LogP) is 9.69. The zero-order valence-corrected chi connectivity index (χ0v) is 24.7. The third-order valence-corrected chi connectivity index (χ3v) is 8.11. The van der Waals surface area contributed by atoms with Crippen molar-refractivity contribution in [3.05, 3.63) is 102 Å². The lowest BCUT2D eigenvalue weighted by Gasteiger charge is -2.31. The average Bonchev–Trinajstić information content (AvgIpc) is 3.73. The Kier molecular flexibility index (Phi) is 8.81. The van der Waals surface area contributed by atoms with Crippen molar-refractivity contribution in [2.24, 2.45) is 17.3 Å². The zero-order valence-electron chi connectivity index (χ0n) is 24.7. The van der Waals surface area contributed by atoms with Crippen LogP contribution in [0.4, 0.5) is 0 Å². The van der Waals surface area contributed by atoms with E-state index in [9.17, 15) is 0 Å². The van der Waals surface area contributed by atoms with Crippen molar-refractivity contribution in [2.75, 3.05) is 13.2 Å². The fraction of sp³-hybridized carbons (Fsp3) is 0.405. The normalized spacial score (nSPS) is 19.4. The van der Waals surface area contributed by atoms with Crippen LogP contribution < -0.4 is 9.47 Å². The van der Waals surface area contributed by atoms with Crippen molar-refractivity contribution in [2.45, 2.75) is 66.1 Å². The maximum atomic E-state index is 6.47. The molecule has 0 spiro atoms. The first-order valence-corrected chi connectivity index (χ1v) is 14.9. The lowest BCUT2D eigenvalue weighted by Crippen LogP contribution is -2.20. The molecule has 40 heavy (non-hydrogen) atoms. The van der Waals surface area contributed by atoms with E-state index in [2.05, 4.69) is 113 Å². The van der Waals surface area contributed by atoms with Gasteiger partial charge in [0, 0.05) is 11.1 Å². The molecule has 0 bridgehead atoms. The van der Waals surface area contributed by atoms with Gasteiger partial charge in [-0.25, -0.2) is 0 Å². The Bertz CT molecular complexity index is 1310. The van der Waals surface area contributed by atoms with Crippen molar-refractivity contribution in [3.8, 4) is 22.6 Å². The van der Waals surface area contributed by atoms with Gasteiger partial charge in [0.15, 0.2) is 6.29 Å². The van der Waals surface area contributed by atoms with E-state index in [1.165, 1.54) is 30.4 Å². The Morgan fingerprint density at radius 3 is 2.30 bits per heavy atom. The third-order valence-electron chi connectivity index (χ3n) is 8.11. The molecule has 3 nitrogen and oxygen atoms in total. The van der Waals surface area contributed by atoms with Gasteiger partial charge in [-0.05, 0) is 71.8 Å². The van der Waals surface area contributed by atoms with Crippen LogP contribution in [0.15, 0.2) is 91.0 Å². The molecule has 4 unspecified atom stereocenters. The number of allylic oxidation sites excluding steroid dienone is 4. The molecular weight excluding hydrogens is 492 g/mol. The molecule has 1 fully saturated rings. The summed E-state index contributed by atoms with van der Waals surface area (Å²) >= 11 is 0. The number of ether oxygens (including phenoxy) is 3. The topological polar surface area (TPSA) is 27.7 Å². The molecule has 0 radical (unpaired) electrons. The molecule has 0 aliphatic heterocycles. The van der Waals surface area contributed by atoms with Gasteiger partial charge in [0.25, 0.3) is 0 Å². The number of fused-ring (bicyclic) bond motifs is 1. The average molecular weight is 537 g/mol. The second-order valence-corrected chi connectivity index (χ2v) is 12.3. The first-order valence-electron chi connectivity index (χ1n) is 14.9. The van der Waals surface area contributed by atoms with Crippen LogP contribution in [0.2, 0.25) is 0 Å². The lowest BCUT2D eigenvalue weighted by atomic mass is 9.74. The number of para-hydroxylation sites is 1. The summed E-state index contributed by atoms with van der Waals surface area (Å²) < 4.78 is 18.6. The molecule has 0 amide bonds. The molecule has 3 aromatic rings. The number of benzene rings is 3. The summed E-state index contributed by atoms with van der Waals surface area (Å²) in [4.78, 5) is 0. The van der Waals surface area contributed by atoms with Crippen LogP contribution in [0.5, 0.6) is 11.5 Å². The highest BCUT2D eigenvalue weighted by atomic mass is 16.7. The monoisotopic (exact) mass is 536 g/mol. The summed E-state index contributed by atoms with van der Waals surface area (Å²) in [5.41, 5.74) is 6.25. The maximum absolute atomic E-state index is 6.47. The second-order valence-electron chi connectivity index (χ2n) is 12.3. The van der Waals surface area contributed by atoms with Gasteiger partial charge in [-0.1, -0.05) is 113 Å². The van der Waals surface area contributed by atoms with Gasteiger partial charge >= 0.3 is 0 Å². The van der Waals surface area contributed by atoms with E-state index in [1.54, 1.807) is 0 Å². The van der Waals surface area contributed by atoms with Gasteiger partial charge in [-0.2, -0.15) is 0 Å². The number of rotatable bonds is 12. The first kappa shape index (κ1) is 28.2. The standard InChI is InChI=1S/C37H44O3/c1-6-11-35(37(3,4)5)28-18-20-32(21-19-28)40-26(2)38-22-23-39-36-33(27-12-8-7-9-13-27)14-10-15-34(36)30-17-16-29-24-31(29)25-30/h7-10,12-21,25-26,29,31,35H,6,11,22-24H2,1-5H3. The molecule has 4 atom stereocenters. The summed E-state index contributed by atoms with van der Waals surface area (Å²) in [7, 11) is 0. The minimum atomic E-state index is -0.372. The van der Waals surface area contributed by atoms with Crippen LogP contribution >= 0.6 is 0 Å². The van der Waals surface area contributed by atoms with Gasteiger partial charge < -0.3 is 14.2 Å². The Balaban J connectivity index is 1.21. The molecule has 210 valence electrons. The van der Waals surface area contributed by atoms with Gasteiger partial charge in [-0.3, -0.25) is 0 Å². The van der Waals surface area contributed by atoms with Crippen molar-refractivity contribution in [1.29, 1.82) is 0 Å². The van der Waals surface area contributed by atoms with E-state index in [1.807, 2.05) is 13.0 Å². The highest BCUT2D eigenvalue weighted by molar-refractivity contribution is 5.85. The lowest BCUT2D eigenvalue weighted by molar-refractivity contribution is -0.0739. The summed E-state index contributed by atoms with van der Waals surface area (Å²) in [6, 6.07) is 25.4. The van der Waals surface area contributed by atoms with Gasteiger partial charge in [0.05, 0.1) is 6.61 Å². The number of hydrogen-bond donors (Lipinski definition) is 0. The fourth-order valence-corrected chi connectivity index (χ4v) is 5.86. The minimum absolute atomic E-state index is 0.234. The van der Waals surface area contributed by atoms with Crippen LogP contribution in [-0.2, 0) is 4.74 Å². The minimum Gasteiger partial charge on any atom is -0.490 e. The van der Waals surface area contributed by atoms with Crippen LogP contribution in [0.3, 0.4) is 0 Å². The summed E-state index contributed by atoms with van der Waals surface area (Å²) in [6.07, 6.45) is 10.3. The molecule has 5 rings (SSSR count). The molecule has 1 saturated carbocycles. The zero-order chi connectivity index (χ0) is 28.1. The maximum Gasteiger partial charge on any atom is 0.197 e. The van der Waals surface area contributed by atoms with Crippen LogP contribution in [0.1, 0.15) is 70.9 Å². The van der Waals surface area contributed by atoms with E-state index < -0.39 is 0 Å². The molecule has 3 aromatic carbocycles. The largest absolute Gasteiger partial charge is 0.490 e. The van der Waals surface area contributed by atoms with Gasteiger partial charge in [-0.15, -0.1) is 0 Å². The smallest absolute Gasteiger partial charge is 0.197 e.